The minimum Gasteiger partial charge on any atom is -0.356 e. The van der Waals surface area contributed by atoms with E-state index in [2.05, 4.69) is 12.2 Å². The van der Waals surface area contributed by atoms with Crippen LogP contribution in [0.2, 0.25) is 0 Å². The summed E-state index contributed by atoms with van der Waals surface area (Å²) in [6.07, 6.45) is 13.8. The highest BCUT2D eigenvalue weighted by molar-refractivity contribution is 5.85. The van der Waals surface area contributed by atoms with E-state index >= 15 is 0 Å². The van der Waals surface area contributed by atoms with E-state index in [0.717, 1.165) is 13.0 Å². The summed E-state index contributed by atoms with van der Waals surface area (Å²) >= 11 is 0. The average molecular weight is 293 g/mol. The molecule has 0 fully saturated rings. The van der Waals surface area contributed by atoms with Gasteiger partial charge in [-0.1, -0.05) is 64.7 Å². The fourth-order valence-corrected chi connectivity index (χ4v) is 2.06. The van der Waals surface area contributed by atoms with E-state index in [-0.39, 0.29) is 18.3 Å². The summed E-state index contributed by atoms with van der Waals surface area (Å²) in [5.41, 5.74) is 5.30. The van der Waals surface area contributed by atoms with Crippen molar-refractivity contribution in [2.75, 3.05) is 13.1 Å². The molecule has 0 aromatic heterocycles. The highest BCUT2D eigenvalue weighted by atomic mass is 35.5. The van der Waals surface area contributed by atoms with E-state index < -0.39 is 0 Å². The highest BCUT2D eigenvalue weighted by Crippen LogP contribution is 2.10. The Kier molecular flexibility index (Phi) is 19.6. The molecular weight excluding hydrogens is 260 g/mol. The maximum Gasteiger partial charge on any atom is 0.221 e. The molecule has 116 valence electrons. The van der Waals surface area contributed by atoms with Crippen molar-refractivity contribution >= 4 is 18.3 Å². The largest absolute Gasteiger partial charge is 0.356 e. The molecule has 0 radical (unpaired) electrons. The van der Waals surface area contributed by atoms with Gasteiger partial charge in [0, 0.05) is 19.5 Å². The first-order valence-corrected chi connectivity index (χ1v) is 7.78. The van der Waals surface area contributed by atoms with Crippen LogP contribution in [0.4, 0.5) is 0 Å². The van der Waals surface area contributed by atoms with Gasteiger partial charge in [-0.3, -0.25) is 4.79 Å². The second-order valence-electron chi connectivity index (χ2n) is 5.07. The first kappa shape index (κ1) is 21.0. The molecule has 0 heterocycles. The second-order valence-corrected chi connectivity index (χ2v) is 5.07. The van der Waals surface area contributed by atoms with Crippen LogP contribution in [0.3, 0.4) is 0 Å². The van der Waals surface area contributed by atoms with Gasteiger partial charge in [0.25, 0.3) is 0 Å². The molecule has 4 heteroatoms. The molecule has 0 rings (SSSR count). The van der Waals surface area contributed by atoms with Crippen molar-refractivity contribution in [1.82, 2.24) is 5.32 Å². The molecule has 0 aliphatic heterocycles. The molecule has 0 aromatic rings. The van der Waals surface area contributed by atoms with E-state index in [0.29, 0.717) is 13.0 Å². The summed E-state index contributed by atoms with van der Waals surface area (Å²) in [6.45, 7) is 3.52. The van der Waals surface area contributed by atoms with Crippen LogP contribution in [-0.4, -0.2) is 19.0 Å². The summed E-state index contributed by atoms with van der Waals surface area (Å²) in [4.78, 5) is 11.1. The van der Waals surface area contributed by atoms with Gasteiger partial charge in [0.05, 0.1) is 0 Å². The molecule has 0 bridgehead atoms. The molecule has 0 unspecified atom stereocenters. The van der Waals surface area contributed by atoms with Crippen LogP contribution in [0.15, 0.2) is 0 Å². The Balaban J connectivity index is 0. The van der Waals surface area contributed by atoms with Crippen molar-refractivity contribution < 1.29 is 4.79 Å². The minimum atomic E-state index is 0. The molecule has 0 aromatic carbocycles. The molecule has 0 saturated heterocycles. The molecule has 1 amide bonds. The van der Waals surface area contributed by atoms with Crippen molar-refractivity contribution in [3.05, 3.63) is 0 Å². The Labute approximate surface area is 125 Å². The van der Waals surface area contributed by atoms with Crippen LogP contribution in [0, 0.1) is 0 Å². The Hall–Kier alpha value is -0.280. The SMILES string of the molecule is CCCCCCCCCCCCNC(=O)CCN.Cl. The molecule has 3 nitrogen and oxygen atoms in total. The number of hydrogen-bond donors (Lipinski definition) is 2. The van der Waals surface area contributed by atoms with E-state index in [1.54, 1.807) is 0 Å². The standard InChI is InChI=1S/C15H32N2O.ClH/c1-2-3-4-5-6-7-8-9-10-11-14-17-15(18)12-13-16;/h2-14,16H2,1H3,(H,17,18);1H. The number of carbonyl (C=O) groups is 1. The number of hydrogen-bond acceptors (Lipinski definition) is 2. The lowest BCUT2D eigenvalue weighted by atomic mass is 10.1. The quantitative estimate of drug-likeness (QED) is 0.507. The smallest absolute Gasteiger partial charge is 0.221 e. The van der Waals surface area contributed by atoms with E-state index in [4.69, 9.17) is 5.73 Å². The third-order valence-electron chi connectivity index (χ3n) is 3.22. The van der Waals surface area contributed by atoms with Crippen molar-refractivity contribution in [3.8, 4) is 0 Å². The van der Waals surface area contributed by atoms with Gasteiger partial charge in [-0.15, -0.1) is 12.4 Å². The number of carbonyl (C=O) groups excluding carboxylic acids is 1. The maximum atomic E-state index is 11.1. The van der Waals surface area contributed by atoms with Crippen molar-refractivity contribution in [3.63, 3.8) is 0 Å². The predicted octanol–water partition coefficient (Wildman–Crippen LogP) is 3.79. The summed E-state index contributed by atoms with van der Waals surface area (Å²) in [5, 5.41) is 2.89. The maximum absolute atomic E-state index is 11.1. The normalized spacial score (nSPS) is 10.0. The van der Waals surface area contributed by atoms with Crippen molar-refractivity contribution in [2.45, 2.75) is 77.6 Å². The van der Waals surface area contributed by atoms with Gasteiger partial charge in [-0.25, -0.2) is 0 Å². The summed E-state index contributed by atoms with van der Waals surface area (Å²) < 4.78 is 0. The lowest BCUT2D eigenvalue weighted by molar-refractivity contribution is -0.120. The molecule has 0 saturated carbocycles. The lowest BCUT2D eigenvalue weighted by Crippen LogP contribution is -2.26. The molecule has 19 heavy (non-hydrogen) atoms. The third-order valence-corrected chi connectivity index (χ3v) is 3.22. The van der Waals surface area contributed by atoms with E-state index in [1.807, 2.05) is 0 Å². The number of nitrogens with two attached hydrogens (primary N) is 1. The van der Waals surface area contributed by atoms with Gasteiger partial charge in [0.1, 0.15) is 0 Å². The molecule has 0 atom stereocenters. The zero-order chi connectivity index (χ0) is 13.5. The molecule has 0 spiro atoms. The number of halogens is 1. The van der Waals surface area contributed by atoms with Gasteiger partial charge in [-0.05, 0) is 6.42 Å². The van der Waals surface area contributed by atoms with Crippen molar-refractivity contribution in [2.24, 2.45) is 5.73 Å². The Morgan fingerprint density at radius 3 is 1.84 bits per heavy atom. The zero-order valence-corrected chi connectivity index (χ0v) is 13.4. The second kappa shape index (κ2) is 17.7. The summed E-state index contributed by atoms with van der Waals surface area (Å²) in [5.74, 6) is 0.0911. The zero-order valence-electron chi connectivity index (χ0n) is 12.6. The minimum absolute atomic E-state index is 0. The molecular formula is C15H33ClN2O. The fourth-order valence-electron chi connectivity index (χ4n) is 2.06. The predicted molar refractivity (Wildman–Crippen MR) is 85.8 cm³/mol. The monoisotopic (exact) mass is 292 g/mol. The Morgan fingerprint density at radius 1 is 0.895 bits per heavy atom. The van der Waals surface area contributed by atoms with E-state index in [9.17, 15) is 4.79 Å². The fraction of sp³-hybridized carbons (Fsp3) is 0.933. The number of rotatable bonds is 13. The Bertz CT molecular complexity index is 189. The molecule has 0 aliphatic rings. The Morgan fingerprint density at radius 2 is 1.37 bits per heavy atom. The van der Waals surface area contributed by atoms with Gasteiger partial charge >= 0.3 is 0 Å². The lowest BCUT2D eigenvalue weighted by Gasteiger charge is -2.04. The average Bonchev–Trinajstić information content (AvgIpc) is 2.36. The molecule has 3 N–H and O–H groups in total. The van der Waals surface area contributed by atoms with Crippen LogP contribution in [0.1, 0.15) is 77.6 Å². The van der Waals surface area contributed by atoms with Crippen LogP contribution < -0.4 is 11.1 Å². The first-order chi connectivity index (χ1) is 8.81. The van der Waals surface area contributed by atoms with E-state index in [1.165, 1.54) is 57.8 Å². The van der Waals surface area contributed by atoms with Gasteiger partial charge in [0.15, 0.2) is 0 Å². The van der Waals surface area contributed by atoms with Crippen LogP contribution in [0.25, 0.3) is 0 Å². The van der Waals surface area contributed by atoms with Crippen molar-refractivity contribution in [1.29, 1.82) is 0 Å². The number of nitrogens with one attached hydrogen (secondary N) is 1. The van der Waals surface area contributed by atoms with Crippen LogP contribution in [0.5, 0.6) is 0 Å². The van der Waals surface area contributed by atoms with Crippen LogP contribution >= 0.6 is 12.4 Å². The molecule has 0 aliphatic carbocycles. The van der Waals surface area contributed by atoms with Gasteiger partial charge in [-0.2, -0.15) is 0 Å². The number of amides is 1. The first-order valence-electron chi connectivity index (χ1n) is 7.78. The van der Waals surface area contributed by atoms with Gasteiger partial charge < -0.3 is 11.1 Å². The van der Waals surface area contributed by atoms with Crippen LogP contribution in [-0.2, 0) is 4.79 Å². The van der Waals surface area contributed by atoms with Gasteiger partial charge in [0.2, 0.25) is 5.91 Å². The number of unbranched alkanes of at least 4 members (excludes halogenated alkanes) is 9. The summed E-state index contributed by atoms with van der Waals surface area (Å²) in [7, 11) is 0. The highest BCUT2D eigenvalue weighted by Gasteiger charge is 1.97. The topological polar surface area (TPSA) is 55.1 Å². The third kappa shape index (κ3) is 17.7. The summed E-state index contributed by atoms with van der Waals surface area (Å²) in [6, 6.07) is 0.